The molecule has 7 nitrogen and oxygen atoms in total. The third-order valence-electron chi connectivity index (χ3n) is 6.07. The molecule has 2 atom stereocenters. The van der Waals surface area contributed by atoms with E-state index in [-0.39, 0.29) is 30.4 Å². The van der Waals surface area contributed by atoms with Crippen LogP contribution in [-0.4, -0.2) is 54.6 Å². The maximum atomic E-state index is 12.9. The van der Waals surface area contributed by atoms with Crippen molar-refractivity contribution >= 4 is 11.8 Å². The minimum absolute atomic E-state index is 0.00569. The molecule has 2 amide bonds. The van der Waals surface area contributed by atoms with E-state index in [1.165, 1.54) is 0 Å². The molecule has 152 valence electrons. The van der Waals surface area contributed by atoms with E-state index >= 15 is 0 Å². The summed E-state index contributed by atoms with van der Waals surface area (Å²) in [5, 5.41) is 8.88. The number of benzene rings is 2. The van der Waals surface area contributed by atoms with Gasteiger partial charge in [-0.3, -0.25) is 9.59 Å². The van der Waals surface area contributed by atoms with Crippen molar-refractivity contribution in [2.45, 2.75) is 12.3 Å². The van der Waals surface area contributed by atoms with Crippen LogP contribution in [0.2, 0.25) is 0 Å². The molecular formula is C23H21N3O4. The second-order valence-corrected chi connectivity index (χ2v) is 7.87. The fourth-order valence-electron chi connectivity index (χ4n) is 4.21. The molecule has 3 aliphatic rings. The van der Waals surface area contributed by atoms with E-state index < -0.39 is 0 Å². The number of piperazine rings is 1. The number of fused-ring (bicyclic) bond motifs is 1. The van der Waals surface area contributed by atoms with E-state index in [0.717, 1.165) is 23.5 Å². The lowest BCUT2D eigenvalue weighted by molar-refractivity contribution is -0.134. The minimum atomic E-state index is -0.0590. The van der Waals surface area contributed by atoms with Gasteiger partial charge in [0, 0.05) is 37.7 Å². The highest BCUT2D eigenvalue weighted by molar-refractivity contribution is 5.94. The van der Waals surface area contributed by atoms with Crippen molar-refractivity contribution < 1.29 is 19.1 Å². The average molecular weight is 403 g/mol. The predicted molar refractivity (Wildman–Crippen MR) is 107 cm³/mol. The van der Waals surface area contributed by atoms with Gasteiger partial charge < -0.3 is 19.3 Å². The quantitative estimate of drug-likeness (QED) is 0.786. The summed E-state index contributed by atoms with van der Waals surface area (Å²) < 4.78 is 10.8. The third kappa shape index (κ3) is 3.35. The van der Waals surface area contributed by atoms with Gasteiger partial charge in [-0.2, -0.15) is 5.26 Å². The van der Waals surface area contributed by atoms with E-state index in [4.69, 9.17) is 14.7 Å². The van der Waals surface area contributed by atoms with Crippen LogP contribution < -0.4 is 9.47 Å². The highest BCUT2D eigenvalue weighted by Crippen LogP contribution is 2.50. The largest absolute Gasteiger partial charge is 0.454 e. The van der Waals surface area contributed by atoms with Gasteiger partial charge in [-0.1, -0.05) is 6.07 Å². The lowest BCUT2D eigenvalue weighted by atomic mass is 10.1. The Kier molecular flexibility index (Phi) is 4.55. The average Bonchev–Trinajstić information content (AvgIpc) is 3.47. The molecule has 5 rings (SSSR count). The number of hydrogen-bond donors (Lipinski definition) is 0. The molecule has 1 saturated carbocycles. The van der Waals surface area contributed by atoms with Crippen LogP contribution in [0.3, 0.4) is 0 Å². The maximum absolute atomic E-state index is 12.9. The number of carbonyl (C=O) groups is 2. The van der Waals surface area contributed by atoms with Gasteiger partial charge in [0.05, 0.1) is 11.6 Å². The molecule has 0 aromatic heterocycles. The zero-order valence-electron chi connectivity index (χ0n) is 16.4. The topological polar surface area (TPSA) is 82.9 Å². The molecule has 0 N–H and O–H groups in total. The van der Waals surface area contributed by atoms with Crippen molar-refractivity contribution in [2.24, 2.45) is 5.92 Å². The van der Waals surface area contributed by atoms with E-state index in [1.54, 1.807) is 29.2 Å². The monoisotopic (exact) mass is 403 g/mol. The summed E-state index contributed by atoms with van der Waals surface area (Å²) in [6.45, 7) is 2.38. The first kappa shape index (κ1) is 18.5. The van der Waals surface area contributed by atoms with Crippen molar-refractivity contribution in [2.75, 3.05) is 33.0 Å². The van der Waals surface area contributed by atoms with Gasteiger partial charge in [0.2, 0.25) is 12.7 Å². The van der Waals surface area contributed by atoms with Crippen molar-refractivity contribution in [3.05, 3.63) is 59.2 Å². The molecule has 2 aliphatic heterocycles. The highest BCUT2D eigenvalue weighted by atomic mass is 16.7. The number of ether oxygens (including phenoxy) is 2. The summed E-state index contributed by atoms with van der Waals surface area (Å²) in [5.41, 5.74) is 2.22. The number of nitriles is 1. The SMILES string of the molecule is N#Cc1ccc(C(=O)N2CCN(C(=O)C3CC3c3ccc4c(c3)OCO4)CC2)cc1. The molecule has 2 aromatic rings. The second kappa shape index (κ2) is 7.38. The Morgan fingerprint density at radius 3 is 2.37 bits per heavy atom. The Hall–Kier alpha value is -3.53. The fraction of sp³-hybridized carbons (Fsp3) is 0.348. The standard InChI is InChI=1S/C23H21N3O4/c24-13-15-1-3-16(4-2-15)22(27)25-7-9-26(10-8-25)23(28)19-12-18(19)17-5-6-20-21(11-17)30-14-29-20/h1-6,11,18-19H,7-10,12,14H2. The summed E-state index contributed by atoms with van der Waals surface area (Å²) in [7, 11) is 0. The lowest BCUT2D eigenvalue weighted by Gasteiger charge is -2.35. The van der Waals surface area contributed by atoms with Crippen LogP contribution in [0.5, 0.6) is 11.5 Å². The van der Waals surface area contributed by atoms with Gasteiger partial charge in [0.1, 0.15) is 0 Å². The van der Waals surface area contributed by atoms with E-state index in [2.05, 4.69) is 6.07 Å². The van der Waals surface area contributed by atoms with Crippen molar-refractivity contribution in [3.8, 4) is 17.6 Å². The molecule has 7 heteroatoms. The fourth-order valence-corrected chi connectivity index (χ4v) is 4.21. The molecule has 30 heavy (non-hydrogen) atoms. The summed E-state index contributed by atoms with van der Waals surface area (Å²) in [6.07, 6.45) is 0.850. The number of carbonyl (C=O) groups excluding carboxylic acids is 2. The Balaban J connectivity index is 1.16. The zero-order valence-corrected chi connectivity index (χ0v) is 16.4. The number of nitrogens with zero attached hydrogens (tertiary/aromatic N) is 3. The summed E-state index contributed by atoms with van der Waals surface area (Å²) in [4.78, 5) is 29.2. The molecule has 1 saturated heterocycles. The molecular weight excluding hydrogens is 382 g/mol. The summed E-state index contributed by atoms with van der Waals surface area (Å²) in [6, 6.07) is 14.6. The Morgan fingerprint density at radius 1 is 0.933 bits per heavy atom. The molecule has 2 heterocycles. The van der Waals surface area contributed by atoms with Crippen LogP contribution >= 0.6 is 0 Å². The Labute approximate surface area is 174 Å². The minimum Gasteiger partial charge on any atom is -0.454 e. The van der Waals surface area contributed by atoms with Gasteiger partial charge in [-0.25, -0.2) is 0 Å². The van der Waals surface area contributed by atoms with Gasteiger partial charge >= 0.3 is 0 Å². The Morgan fingerprint density at radius 2 is 1.63 bits per heavy atom. The molecule has 0 spiro atoms. The third-order valence-corrected chi connectivity index (χ3v) is 6.07. The normalized spacial score (nSPS) is 21.8. The van der Waals surface area contributed by atoms with Crippen molar-refractivity contribution in [3.63, 3.8) is 0 Å². The van der Waals surface area contributed by atoms with Crippen LogP contribution in [0.4, 0.5) is 0 Å². The number of hydrogen-bond acceptors (Lipinski definition) is 5. The Bertz CT molecular complexity index is 1040. The molecule has 0 radical (unpaired) electrons. The van der Waals surface area contributed by atoms with Gasteiger partial charge in [-0.15, -0.1) is 0 Å². The number of amides is 2. The second-order valence-electron chi connectivity index (χ2n) is 7.87. The molecule has 2 fully saturated rings. The van der Waals surface area contributed by atoms with E-state index in [1.807, 2.05) is 23.1 Å². The molecule has 1 aliphatic carbocycles. The molecule has 2 unspecified atom stereocenters. The van der Waals surface area contributed by atoms with Gasteiger partial charge in [-0.05, 0) is 54.3 Å². The highest BCUT2D eigenvalue weighted by Gasteiger charge is 2.46. The molecule has 0 bridgehead atoms. The van der Waals surface area contributed by atoms with Crippen LogP contribution in [0.15, 0.2) is 42.5 Å². The first-order chi connectivity index (χ1) is 14.6. The van der Waals surface area contributed by atoms with Crippen molar-refractivity contribution in [1.82, 2.24) is 9.80 Å². The van der Waals surface area contributed by atoms with E-state index in [0.29, 0.717) is 37.3 Å². The van der Waals surface area contributed by atoms with Crippen LogP contribution in [0.1, 0.15) is 33.8 Å². The van der Waals surface area contributed by atoms with Crippen LogP contribution in [0, 0.1) is 17.2 Å². The van der Waals surface area contributed by atoms with Crippen LogP contribution in [0.25, 0.3) is 0 Å². The molecule has 2 aromatic carbocycles. The first-order valence-electron chi connectivity index (χ1n) is 10.1. The van der Waals surface area contributed by atoms with Crippen molar-refractivity contribution in [1.29, 1.82) is 5.26 Å². The van der Waals surface area contributed by atoms with Crippen LogP contribution in [-0.2, 0) is 4.79 Å². The summed E-state index contributed by atoms with van der Waals surface area (Å²) >= 11 is 0. The van der Waals surface area contributed by atoms with E-state index in [9.17, 15) is 9.59 Å². The first-order valence-corrected chi connectivity index (χ1v) is 10.1. The lowest BCUT2D eigenvalue weighted by Crippen LogP contribution is -2.51. The number of rotatable bonds is 3. The van der Waals surface area contributed by atoms with Gasteiger partial charge in [0.25, 0.3) is 5.91 Å². The zero-order chi connectivity index (χ0) is 20.7. The van der Waals surface area contributed by atoms with Gasteiger partial charge in [0.15, 0.2) is 11.5 Å². The predicted octanol–water partition coefficient (Wildman–Crippen LogP) is 2.38. The maximum Gasteiger partial charge on any atom is 0.253 e. The summed E-state index contributed by atoms with van der Waals surface area (Å²) in [5.74, 6) is 1.85. The smallest absolute Gasteiger partial charge is 0.253 e.